The minimum atomic E-state index is -1.01. The number of hydrogen-bond donors (Lipinski definition) is 1. The van der Waals surface area contributed by atoms with Gasteiger partial charge in [0.1, 0.15) is 11.4 Å². The van der Waals surface area contributed by atoms with Crippen LogP contribution >= 0.6 is 0 Å². The first-order chi connectivity index (χ1) is 6.91. The van der Waals surface area contributed by atoms with E-state index in [9.17, 15) is 13.9 Å². The summed E-state index contributed by atoms with van der Waals surface area (Å²) < 4.78 is 32.0. The summed E-state index contributed by atoms with van der Waals surface area (Å²) in [5, 5.41) is 9.72. The smallest absolute Gasteiger partial charge is 0.165 e. The molecule has 0 fully saturated rings. The van der Waals surface area contributed by atoms with E-state index in [0.29, 0.717) is 0 Å². The van der Waals surface area contributed by atoms with Gasteiger partial charge in [0.25, 0.3) is 0 Å². The average Bonchev–Trinajstić information content (AvgIpc) is 2.09. The molecule has 0 aliphatic carbocycles. The molecule has 0 radical (unpaired) electrons. The first kappa shape index (κ1) is 10.4. The Bertz CT molecular complexity index is 402. The van der Waals surface area contributed by atoms with Crippen molar-refractivity contribution >= 4 is 0 Å². The highest BCUT2D eigenvalue weighted by atomic mass is 19.1. The molecular formula is C11H12F2O2. The molecule has 4 heteroatoms. The third-order valence-corrected chi connectivity index (χ3v) is 2.49. The lowest BCUT2D eigenvalue weighted by molar-refractivity contribution is 0.00560. The molecule has 1 aromatic carbocycles. The third-order valence-electron chi connectivity index (χ3n) is 2.49. The van der Waals surface area contributed by atoms with Gasteiger partial charge in [0, 0.05) is 6.42 Å². The molecule has 0 saturated carbocycles. The molecular weight excluding hydrogens is 202 g/mol. The largest absolute Gasteiger partial charge is 0.484 e. The zero-order valence-electron chi connectivity index (χ0n) is 8.55. The highest BCUT2D eigenvalue weighted by Crippen LogP contribution is 2.42. The van der Waals surface area contributed by atoms with Crippen LogP contribution < -0.4 is 4.74 Å². The van der Waals surface area contributed by atoms with Crippen molar-refractivity contribution in [2.45, 2.75) is 32.0 Å². The quantitative estimate of drug-likeness (QED) is 0.719. The van der Waals surface area contributed by atoms with E-state index < -0.39 is 23.3 Å². The van der Waals surface area contributed by atoms with E-state index in [-0.39, 0.29) is 17.7 Å². The van der Waals surface area contributed by atoms with Gasteiger partial charge >= 0.3 is 0 Å². The Kier molecular flexibility index (Phi) is 2.19. The second-order valence-corrected chi connectivity index (χ2v) is 4.35. The molecule has 1 unspecified atom stereocenters. The molecule has 0 spiro atoms. The zero-order valence-corrected chi connectivity index (χ0v) is 8.55. The van der Waals surface area contributed by atoms with Gasteiger partial charge in [0.15, 0.2) is 11.6 Å². The van der Waals surface area contributed by atoms with E-state index in [1.165, 1.54) is 0 Å². The molecule has 1 aromatic rings. The van der Waals surface area contributed by atoms with Crippen LogP contribution in [0.1, 0.15) is 31.9 Å². The first-order valence-corrected chi connectivity index (χ1v) is 4.76. The van der Waals surface area contributed by atoms with Crippen molar-refractivity contribution in [3.63, 3.8) is 0 Å². The van der Waals surface area contributed by atoms with Crippen LogP contribution in [0.3, 0.4) is 0 Å². The molecule has 1 N–H and O–H groups in total. The topological polar surface area (TPSA) is 29.5 Å². The van der Waals surface area contributed by atoms with Crippen molar-refractivity contribution in [3.05, 3.63) is 29.3 Å². The Morgan fingerprint density at radius 3 is 2.60 bits per heavy atom. The van der Waals surface area contributed by atoms with Crippen molar-refractivity contribution < 1.29 is 18.6 Å². The van der Waals surface area contributed by atoms with Crippen LogP contribution in [0.2, 0.25) is 0 Å². The Morgan fingerprint density at radius 1 is 1.33 bits per heavy atom. The molecule has 1 aliphatic rings. The first-order valence-electron chi connectivity index (χ1n) is 4.76. The molecule has 1 aliphatic heterocycles. The van der Waals surface area contributed by atoms with E-state index in [0.717, 1.165) is 12.1 Å². The second kappa shape index (κ2) is 3.17. The van der Waals surface area contributed by atoms with Crippen LogP contribution in [0.4, 0.5) is 8.78 Å². The normalized spacial score (nSPS) is 23.1. The minimum Gasteiger partial charge on any atom is -0.484 e. The molecule has 0 amide bonds. The average molecular weight is 214 g/mol. The van der Waals surface area contributed by atoms with Gasteiger partial charge in [-0.1, -0.05) is 0 Å². The van der Waals surface area contributed by atoms with Crippen molar-refractivity contribution in [1.82, 2.24) is 0 Å². The van der Waals surface area contributed by atoms with Crippen LogP contribution in [0.15, 0.2) is 12.1 Å². The number of ether oxygens (including phenoxy) is 1. The van der Waals surface area contributed by atoms with Crippen LogP contribution in [0, 0.1) is 11.6 Å². The van der Waals surface area contributed by atoms with E-state index in [4.69, 9.17) is 4.74 Å². The Balaban J connectivity index is 2.59. The predicted octanol–water partition coefficient (Wildman–Crippen LogP) is 2.56. The van der Waals surface area contributed by atoms with Gasteiger partial charge in [-0.2, -0.15) is 0 Å². The number of hydrogen-bond acceptors (Lipinski definition) is 2. The Hall–Kier alpha value is -1.16. The highest BCUT2D eigenvalue weighted by molar-refractivity contribution is 5.40. The maximum atomic E-state index is 13.4. The van der Waals surface area contributed by atoms with Crippen molar-refractivity contribution in [1.29, 1.82) is 0 Å². The highest BCUT2D eigenvalue weighted by Gasteiger charge is 2.36. The summed E-state index contributed by atoms with van der Waals surface area (Å²) in [6, 6.07) is 2.00. The lowest BCUT2D eigenvalue weighted by Crippen LogP contribution is -2.35. The molecule has 82 valence electrons. The lowest BCUT2D eigenvalue weighted by atomic mass is 9.91. The van der Waals surface area contributed by atoms with Gasteiger partial charge < -0.3 is 9.84 Å². The van der Waals surface area contributed by atoms with E-state index in [1.807, 2.05) is 0 Å². The zero-order chi connectivity index (χ0) is 11.2. The molecule has 1 heterocycles. The molecule has 2 rings (SSSR count). The summed E-state index contributed by atoms with van der Waals surface area (Å²) in [6.07, 6.45) is -0.764. The van der Waals surface area contributed by atoms with Crippen LogP contribution in [0.5, 0.6) is 5.75 Å². The number of rotatable bonds is 0. The van der Waals surface area contributed by atoms with E-state index in [1.54, 1.807) is 13.8 Å². The lowest BCUT2D eigenvalue weighted by Gasteiger charge is -2.35. The van der Waals surface area contributed by atoms with Crippen molar-refractivity contribution in [2.24, 2.45) is 0 Å². The van der Waals surface area contributed by atoms with Gasteiger partial charge in [-0.25, -0.2) is 8.78 Å². The number of benzene rings is 1. The van der Waals surface area contributed by atoms with E-state index in [2.05, 4.69) is 0 Å². The monoisotopic (exact) mass is 214 g/mol. The van der Waals surface area contributed by atoms with Gasteiger partial charge in [-0.3, -0.25) is 0 Å². The minimum absolute atomic E-state index is 0.0747. The van der Waals surface area contributed by atoms with Gasteiger partial charge in [0.2, 0.25) is 0 Å². The van der Waals surface area contributed by atoms with E-state index >= 15 is 0 Å². The number of fused-ring (bicyclic) bond motifs is 1. The number of halogens is 2. The fourth-order valence-electron chi connectivity index (χ4n) is 1.85. The third kappa shape index (κ3) is 1.69. The second-order valence-electron chi connectivity index (χ2n) is 4.35. The van der Waals surface area contributed by atoms with Crippen molar-refractivity contribution in [2.75, 3.05) is 0 Å². The molecule has 0 saturated heterocycles. The summed E-state index contributed by atoms with van der Waals surface area (Å²) in [5.74, 6) is -1.44. The van der Waals surface area contributed by atoms with Gasteiger partial charge in [0.05, 0.1) is 11.7 Å². The van der Waals surface area contributed by atoms with Crippen LogP contribution in [0.25, 0.3) is 0 Å². The SMILES string of the molecule is CC1(C)CC(O)c2c(F)ccc(F)c2O1. The van der Waals surface area contributed by atoms with Gasteiger partial charge in [-0.15, -0.1) is 0 Å². The van der Waals surface area contributed by atoms with Crippen LogP contribution in [-0.4, -0.2) is 10.7 Å². The number of aliphatic hydroxyl groups excluding tert-OH is 1. The van der Waals surface area contributed by atoms with Gasteiger partial charge in [-0.05, 0) is 26.0 Å². The van der Waals surface area contributed by atoms with Crippen LogP contribution in [-0.2, 0) is 0 Å². The molecule has 0 aromatic heterocycles. The predicted molar refractivity (Wildman–Crippen MR) is 50.6 cm³/mol. The molecule has 15 heavy (non-hydrogen) atoms. The molecule has 1 atom stereocenters. The molecule has 2 nitrogen and oxygen atoms in total. The fraction of sp³-hybridized carbons (Fsp3) is 0.455. The summed E-state index contributed by atoms with van der Waals surface area (Å²) in [7, 11) is 0. The maximum absolute atomic E-state index is 13.4. The maximum Gasteiger partial charge on any atom is 0.165 e. The number of aliphatic hydroxyl groups is 1. The fourth-order valence-corrected chi connectivity index (χ4v) is 1.85. The summed E-state index contributed by atoms with van der Waals surface area (Å²) >= 11 is 0. The summed E-state index contributed by atoms with van der Waals surface area (Å²) in [6.45, 7) is 3.45. The van der Waals surface area contributed by atoms with Crippen molar-refractivity contribution in [3.8, 4) is 5.75 Å². The summed E-state index contributed by atoms with van der Waals surface area (Å²) in [4.78, 5) is 0. The molecule has 0 bridgehead atoms. The summed E-state index contributed by atoms with van der Waals surface area (Å²) in [5.41, 5.74) is -0.754. The Morgan fingerprint density at radius 2 is 1.93 bits per heavy atom. The standard InChI is InChI=1S/C11H12F2O2/c1-11(2)5-8(14)9-6(12)3-4-7(13)10(9)15-11/h3-4,8,14H,5H2,1-2H3. The Labute approximate surface area is 86.5 Å².